The van der Waals surface area contributed by atoms with Crippen LogP contribution in [0.15, 0.2) is 23.1 Å². The van der Waals surface area contributed by atoms with Crippen molar-refractivity contribution in [1.29, 1.82) is 0 Å². The number of hydrogen-bond donors (Lipinski definition) is 2. The van der Waals surface area contributed by atoms with E-state index in [1.807, 2.05) is 12.3 Å². The van der Waals surface area contributed by atoms with Crippen LogP contribution in [0.4, 0.5) is 10.5 Å². The molecule has 0 radical (unpaired) electrons. The first-order chi connectivity index (χ1) is 9.47. The van der Waals surface area contributed by atoms with Crippen molar-refractivity contribution in [2.45, 2.75) is 11.3 Å². The Morgan fingerprint density at radius 3 is 2.70 bits per heavy atom. The summed E-state index contributed by atoms with van der Waals surface area (Å²) >= 11 is 1.52. The third kappa shape index (κ3) is 4.65. The topological polar surface area (TPSA) is 78.9 Å². The number of urea groups is 1. The minimum absolute atomic E-state index is 0.0808. The molecule has 1 aromatic carbocycles. The molecule has 2 amide bonds. The van der Waals surface area contributed by atoms with Gasteiger partial charge in [0.15, 0.2) is 0 Å². The first-order valence-electron chi connectivity index (χ1n) is 5.94. The van der Waals surface area contributed by atoms with Crippen LogP contribution in [0.5, 0.6) is 5.75 Å². The molecule has 7 heteroatoms. The summed E-state index contributed by atoms with van der Waals surface area (Å²) in [5, 5.41) is 11.3. The van der Waals surface area contributed by atoms with Crippen molar-refractivity contribution in [2.75, 3.05) is 32.3 Å². The maximum Gasteiger partial charge on any atom is 0.321 e. The highest BCUT2D eigenvalue weighted by Crippen LogP contribution is 2.30. The number of nitrogens with zero attached hydrogens (tertiary/aromatic N) is 1. The molecule has 0 heterocycles. The number of carbonyl (C=O) groups excluding carboxylic acids is 1. The summed E-state index contributed by atoms with van der Waals surface area (Å²) < 4.78 is 5.20. The van der Waals surface area contributed by atoms with E-state index in [1.165, 1.54) is 16.7 Å². The number of aliphatic carboxylic acids is 1. The van der Waals surface area contributed by atoms with Gasteiger partial charge in [-0.2, -0.15) is 0 Å². The average molecular weight is 298 g/mol. The maximum atomic E-state index is 11.9. The Kier molecular flexibility index (Phi) is 6.17. The van der Waals surface area contributed by atoms with Crippen molar-refractivity contribution in [2.24, 2.45) is 0 Å². The number of hydrogen-bond acceptors (Lipinski definition) is 4. The van der Waals surface area contributed by atoms with Gasteiger partial charge >= 0.3 is 12.0 Å². The summed E-state index contributed by atoms with van der Waals surface area (Å²) in [5.74, 6) is -0.187. The molecule has 2 N–H and O–H groups in total. The predicted octanol–water partition coefficient (Wildman–Crippen LogP) is 2.36. The first kappa shape index (κ1) is 16.2. The van der Waals surface area contributed by atoms with Crippen molar-refractivity contribution < 1.29 is 19.4 Å². The lowest BCUT2D eigenvalue weighted by Crippen LogP contribution is -2.33. The van der Waals surface area contributed by atoms with Gasteiger partial charge in [0.25, 0.3) is 0 Å². The Hall–Kier alpha value is -1.89. The van der Waals surface area contributed by atoms with Gasteiger partial charge in [-0.15, -0.1) is 11.8 Å². The molecule has 0 unspecified atom stereocenters. The van der Waals surface area contributed by atoms with Crippen molar-refractivity contribution in [3.05, 3.63) is 18.2 Å². The SMILES string of the molecule is COc1ccc(NC(=O)N(C)CCC(=O)O)cc1SC. The highest BCUT2D eigenvalue weighted by atomic mass is 32.2. The number of methoxy groups -OCH3 is 1. The fourth-order valence-corrected chi connectivity index (χ4v) is 2.10. The third-order valence-electron chi connectivity index (χ3n) is 2.64. The Morgan fingerprint density at radius 1 is 1.45 bits per heavy atom. The number of benzene rings is 1. The van der Waals surface area contributed by atoms with Crippen molar-refractivity contribution in [1.82, 2.24) is 4.90 Å². The van der Waals surface area contributed by atoms with Gasteiger partial charge in [0.2, 0.25) is 0 Å². The largest absolute Gasteiger partial charge is 0.496 e. The zero-order valence-corrected chi connectivity index (χ0v) is 12.5. The highest BCUT2D eigenvalue weighted by molar-refractivity contribution is 7.98. The zero-order valence-electron chi connectivity index (χ0n) is 11.7. The van der Waals surface area contributed by atoms with E-state index in [2.05, 4.69) is 5.32 Å². The number of rotatable bonds is 6. The van der Waals surface area contributed by atoms with Gasteiger partial charge in [-0.25, -0.2) is 4.79 Å². The van der Waals surface area contributed by atoms with Gasteiger partial charge in [0, 0.05) is 19.3 Å². The molecule has 0 aromatic heterocycles. The molecule has 20 heavy (non-hydrogen) atoms. The number of thioether (sulfide) groups is 1. The van der Waals surface area contributed by atoms with Crippen molar-refractivity contribution in [3.63, 3.8) is 0 Å². The molecule has 0 saturated carbocycles. The summed E-state index contributed by atoms with van der Waals surface area (Å²) in [7, 11) is 3.14. The van der Waals surface area contributed by atoms with E-state index in [-0.39, 0.29) is 19.0 Å². The summed E-state index contributed by atoms with van der Waals surface area (Å²) in [6.45, 7) is 0.159. The van der Waals surface area contributed by atoms with Crippen LogP contribution < -0.4 is 10.1 Å². The summed E-state index contributed by atoms with van der Waals surface area (Å²) in [5.41, 5.74) is 0.641. The molecule has 6 nitrogen and oxygen atoms in total. The van der Waals surface area contributed by atoms with Gasteiger partial charge in [-0.3, -0.25) is 4.79 Å². The molecule has 1 rings (SSSR count). The fourth-order valence-electron chi connectivity index (χ4n) is 1.50. The van der Waals surface area contributed by atoms with Crippen LogP contribution in [0.3, 0.4) is 0 Å². The molecule has 0 atom stereocenters. The molecule has 0 spiro atoms. The van der Waals surface area contributed by atoms with E-state index in [9.17, 15) is 9.59 Å². The number of ether oxygens (including phenoxy) is 1. The van der Waals surface area contributed by atoms with Crippen LogP contribution in [-0.4, -0.2) is 49.0 Å². The van der Waals surface area contributed by atoms with E-state index >= 15 is 0 Å². The molecule has 0 fully saturated rings. The molecule has 0 aliphatic carbocycles. The Balaban J connectivity index is 2.68. The van der Waals surface area contributed by atoms with Crippen LogP contribution in [0.1, 0.15) is 6.42 Å². The van der Waals surface area contributed by atoms with Gasteiger partial charge in [-0.1, -0.05) is 0 Å². The van der Waals surface area contributed by atoms with Gasteiger partial charge in [0.1, 0.15) is 5.75 Å². The smallest absolute Gasteiger partial charge is 0.321 e. The number of amides is 2. The normalized spacial score (nSPS) is 9.95. The highest BCUT2D eigenvalue weighted by Gasteiger charge is 2.11. The lowest BCUT2D eigenvalue weighted by molar-refractivity contribution is -0.137. The van der Waals surface area contributed by atoms with E-state index in [1.54, 1.807) is 26.3 Å². The van der Waals surface area contributed by atoms with Crippen molar-refractivity contribution in [3.8, 4) is 5.75 Å². The molecule has 1 aromatic rings. The van der Waals surface area contributed by atoms with E-state index in [0.29, 0.717) is 5.69 Å². The Labute approximate surface area is 122 Å². The number of nitrogens with one attached hydrogen (secondary N) is 1. The van der Waals surface area contributed by atoms with Gasteiger partial charge < -0.3 is 20.1 Å². The van der Waals surface area contributed by atoms with Crippen molar-refractivity contribution >= 4 is 29.4 Å². The maximum absolute atomic E-state index is 11.9. The summed E-state index contributed by atoms with van der Waals surface area (Å²) in [4.78, 5) is 24.6. The van der Waals surface area contributed by atoms with E-state index in [0.717, 1.165) is 10.6 Å². The standard InChI is InChI=1S/C13H18N2O4S/c1-15(7-6-12(16)17)13(18)14-9-4-5-10(19-2)11(8-9)20-3/h4-5,8H,6-7H2,1-3H3,(H,14,18)(H,16,17). The predicted molar refractivity (Wildman–Crippen MR) is 78.7 cm³/mol. The van der Waals surface area contributed by atoms with Gasteiger partial charge in [-0.05, 0) is 24.5 Å². The van der Waals surface area contributed by atoms with Gasteiger partial charge in [0.05, 0.1) is 18.4 Å². The fraction of sp³-hybridized carbons (Fsp3) is 0.385. The second-order valence-electron chi connectivity index (χ2n) is 4.07. The van der Waals surface area contributed by atoms with Crippen LogP contribution in [-0.2, 0) is 4.79 Å². The molecule has 0 bridgehead atoms. The minimum Gasteiger partial charge on any atom is -0.496 e. The number of anilines is 1. The monoisotopic (exact) mass is 298 g/mol. The van der Waals surface area contributed by atoms with E-state index < -0.39 is 5.97 Å². The molecular weight excluding hydrogens is 280 g/mol. The first-order valence-corrected chi connectivity index (χ1v) is 7.16. The lowest BCUT2D eigenvalue weighted by Gasteiger charge is -2.17. The number of carboxylic acids is 1. The lowest BCUT2D eigenvalue weighted by atomic mass is 10.3. The minimum atomic E-state index is -0.932. The quantitative estimate of drug-likeness (QED) is 0.788. The Bertz CT molecular complexity index is 493. The second kappa shape index (κ2) is 7.64. The molecule has 0 aliphatic rings. The van der Waals surface area contributed by atoms with Crippen LogP contribution in [0.2, 0.25) is 0 Å². The number of carboxylic acid groups (broad SMARTS) is 1. The zero-order chi connectivity index (χ0) is 15.1. The summed E-state index contributed by atoms with van der Waals surface area (Å²) in [6, 6.07) is 4.98. The average Bonchev–Trinajstić information content (AvgIpc) is 2.44. The van der Waals surface area contributed by atoms with Crippen LogP contribution in [0, 0.1) is 0 Å². The molecule has 0 saturated heterocycles. The molecule has 0 aliphatic heterocycles. The molecular formula is C13H18N2O4S. The van der Waals surface area contributed by atoms with Crippen LogP contribution >= 0.6 is 11.8 Å². The van der Waals surface area contributed by atoms with Crippen LogP contribution in [0.25, 0.3) is 0 Å². The second-order valence-corrected chi connectivity index (χ2v) is 4.91. The van der Waals surface area contributed by atoms with E-state index in [4.69, 9.17) is 9.84 Å². The summed E-state index contributed by atoms with van der Waals surface area (Å²) in [6.07, 6.45) is 1.84. The third-order valence-corrected chi connectivity index (χ3v) is 3.40. The Morgan fingerprint density at radius 2 is 2.15 bits per heavy atom. The number of carbonyl (C=O) groups is 2. The molecule has 110 valence electrons.